The van der Waals surface area contributed by atoms with E-state index in [9.17, 15) is 24.6 Å². The standard InChI is InChI=1S/C31H43NO8Si/c1-19-20-10-14-30(31(19,38-3)39-4)15-11-24(34)29(2,23(30)18-20)13-12-25(35)32-26-22(33)9-8-21(27(26)36)28(37)40-16-17-41(5,6)7/h8-9,11,15,20,23,33,36H,1,10,12-14,16-18H2,2-7H3,(H,32,35)/t20-,23?,29-,30-/m0/s1. The first-order valence-corrected chi connectivity index (χ1v) is 17.9. The number of ketones is 1. The van der Waals surface area contributed by atoms with E-state index in [0.717, 1.165) is 30.9 Å². The van der Waals surface area contributed by atoms with Crippen LogP contribution in [0, 0.1) is 22.7 Å². The highest BCUT2D eigenvalue weighted by atomic mass is 28.3. The number of methoxy groups -OCH3 is 2. The number of hydrogen-bond acceptors (Lipinski definition) is 8. The van der Waals surface area contributed by atoms with E-state index in [4.69, 9.17) is 14.2 Å². The second kappa shape index (κ2) is 11.0. The minimum absolute atomic E-state index is 0.0506. The summed E-state index contributed by atoms with van der Waals surface area (Å²) in [4.78, 5) is 39.2. The van der Waals surface area contributed by atoms with E-state index in [1.165, 1.54) is 12.1 Å². The third kappa shape index (κ3) is 5.14. The van der Waals surface area contributed by atoms with E-state index in [2.05, 4.69) is 31.5 Å². The number of nitrogens with one attached hydrogen (secondary N) is 1. The summed E-state index contributed by atoms with van der Waals surface area (Å²) in [6.07, 6.45) is 6.15. The van der Waals surface area contributed by atoms with Gasteiger partial charge in [0, 0.05) is 34.1 Å². The smallest absolute Gasteiger partial charge is 0.341 e. The Morgan fingerprint density at radius 3 is 2.49 bits per heavy atom. The first kappa shape index (κ1) is 31.0. The average molecular weight is 586 g/mol. The number of anilines is 1. The van der Waals surface area contributed by atoms with Gasteiger partial charge in [-0.1, -0.05) is 39.2 Å². The van der Waals surface area contributed by atoms with Crippen LogP contribution in [0.25, 0.3) is 0 Å². The fourth-order valence-electron chi connectivity index (χ4n) is 7.20. The summed E-state index contributed by atoms with van der Waals surface area (Å²) >= 11 is 0. The highest BCUT2D eigenvalue weighted by molar-refractivity contribution is 6.76. The molecule has 0 heterocycles. The van der Waals surface area contributed by atoms with E-state index < -0.39 is 42.3 Å². The van der Waals surface area contributed by atoms with Gasteiger partial charge >= 0.3 is 5.97 Å². The van der Waals surface area contributed by atoms with Gasteiger partial charge in [-0.3, -0.25) is 9.59 Å². The second-order valence-electron chi connectivity index (χ2n) is 13.1. The van der Waals surface area contributed by atoms with Crippen molar-refractivity contribution in [2.75, 3.05) is 26.1 Å². The van der Waals surface area contributed by atoms with E-state index in [0.29, 0.717) is 0 Å². The number of hydrogen-bond donors (Lipinski definition) is 3. The molecule has 9 nitrogen and oxygen atoms in total. The van der Waals surface area contributed by atoms with E-state index in [1.54, 1.807) is 20.3 Å². The minimum atomic E-state index is -1.43. The van der Waals surface area contributed by atoms with Crippen LogP contribution in [0.3, 0.4) is 0 Å². The third-order valence-electron chi connectivity index (χ3n) is 9.61. The molecule has 4 aliphatic rings. The van der Waals surface area contributed by atoms with Crippen molar-refractivity contribution >= 4 is 31.4 Å². The molecule has 1 aromatic carbocycles. The molecule has 1 amide bonds. The van der Waals surface area contributed by atoms with E-state index in [-0.39, 0.29) is 54.1 Å². The number of ether oxygens (including phenoxy) is 3. The van der Waals surface area contributed by atoms with Crippen molar-refractivity contribution in [2.24, 2.45) is 22.7 Å². The van der Waals surface area contributed by atoms with Gasteiger partial charge in [0.05, 0.1) is 12.0 Å². The third-order valence-corrected chi connectivity index (χ3v) is 11.3. The van der Waals surface area contributed by atoms with Gasteiger partial charge in [-0.2, -0.15) is 0 Å². The zero-order chi connectivity index (χ0) is 30.4. The maximum atomic E-state index is 13.4. The maximum Gasteiger partial charge on any atom is 0.341 e. The van der Waals surface area contributed by atoms with Crippen LogP contribution in [0.2, 0.25) is 25.7 Å². The second-order valence-corrected chi connectivity index (χ2v) is 18.7. The number of allylic oxidation sites excluding steroid dienone is 1. The summed E-state index contributed by atoms with van der Waals surface area (Å²) in [5.74, 6) is -3.31. The molecule has 5 rings (SSSR count). The number of esters is 1. The fraction of sp³-hybridized carbons (Fsp3) is 0.581. The van der Waals surface area contributed by atoms with Crippen LogP contribution in [0.4, 0.5) is 5.69 Å². The van der Waals surface area contributed by atoms with E-state index >= 15 is 0 Å². The number of carbonyl (C=O) groups is 3. The monoisotopic (exact) mass is 585 g/mol. The lowest BCUT2D eigenvalue weighted by Gasteiger charge is -2.66. The van der Waals surface area contributed by atoms with Crippen LogP contribution in [0.5, 0.6) is 11.5 Å². The summed E-state index contributed by atoms with van der Waals surface area (Å²) in [6, 6.07) is 3.25. The molecule has 0 aromatic heterocycles. The van der Waals surface area contributed by atoms with Crippen molar-refractivity contribution < 1.29 is 38.8 Å². The Labute approximate surface area is 243 Å². The summed E-state index contributed by atoms with van der Waals surface area (Å²) in [5, 5.41) is 23.7. The van der Waals surface area contributed by atoms with E-state index in [1.807, 2.05) is 13.0 Å². The van der Waals surface area contributed by atoms with Gasteiger partial charge < -0.3 is 29.7 Å². The number of phenols is 2. The molecule has 3 N–H and O–H groups in total. The van der Waals surface area contributed by atoms with Crippen LogP contribution in [-0.4, -0.2) is 62.6 Å². The van der Waals surface area contributed by atoms with Gasteiger partial charge in [0.1, 0.15) is 17.0 Å². The Bertz CT molecular complexity index is 1280. The lowest BCUT2D eigenvalue weighted by atomic mass is 9.42. The molecule has 1 unspecified atom stereocenters. The number of carbonyl (C=O) groups excluding carboxylic acids is 3. The van der Waals surface area contributed by atoms with Crippen LogP contribution in [0.15, 0.2) is 36.4 Å². The van der Waals surface area contributed by atoms with Crippen molar-refractivity contribution in [3.05, 3.63) is 42.0 Å². The molecule has 10 heteroatoms. The molecule has 224 valence electrons. The molecule has 1 aromatic rings. The SMILES string of the molecule is C=C1[C@H]2CC[C@@]3(C=CC(=O)[C@@](C)(CCC(=O)Nc4c(O)ccc(C(=O)OCC[Si](C)(C)C)c4O)C3C2)C1(OC)OC. The summed E-state index contributed by atoms with van der Waals surface area (Å²) in [7, 11) is 1.78. The van der Waals surface area contributed by atoms with Crippen molar-refractivity contribution in [1.29, 1.82) is 0 Å². The van der Waals surface area contributed by atoms with Crippen LogP contribution in [-0.2, 0) is 23.8 Å². The van der Waals surface area contributed by atoms with Gasteiger partial charge in [0.25, 0.3) is 0 Å². The lowest BCUT2D eigenvalue weighted by Crippen LogP contribution is -2.67. The molecule has 3 fully saturated rings. The summed E-state index contributed by atoms with van der Waals surface area (Å²) in [6.45, 7) is 12.9. The van der Waals surface area contributed by atoms with Crippen LogP contribution >= 0.6 is 0 Å². The molecular formula is C31H43NO8Si. The Kier molecular flexibility index (Phi) is 8.34. The highest BCUT2D eigenvalue weighted by Gasteiger charge is 2.69. The Morgan fingerprint density at radius 1 is 1.17 bits per heavy atom. The zero-order valence-electron chi connectivity index (χ0n) is 25.0. The first-order chi connectivity index (χ1) is 19.2. The summed E-state index contributed by atoms with van der Waals surface area (Å²) in [5.41, 5.74) is -1.00. The number of phenolic OH excluding ortho intramolecular Hbond substituents is 2. The molecule has 0 saturated heterocycles. The maximum absolute atomic E-state index is 13.4. The van der Waals surface area contributed by atoms with Crippen molar-refractivity contribution in [1.82, 2.24) is 0 Å². The lowest BCUT2D eigenvalue weighted by molar-refractivity contribution is -0.293. The molecule has 0 radical (unpaired) electrons. The van der Waals surface area contributed by atoms with Gasteiger partial charge in [-0.05, 0) is 67.3 Å². The molecule has 4 aliphatic carbocycles. The van der Waals surface area contributed by atoms with Gasteiger partial charge in [-0.15, -0.1) is 0 Å². The molecular weight excluding hydrogens is 542 g/mol. The molecule has 41 heavy (non-hydrogen) atoms. The average Bonchev–Trinajstić information content (AvgIpc) is 2.92. The predicted molar refractivity (Wildman–Crippen MR) is 157 cm³/mol. The number of amides is 1. The highest BCUT2D eigenvalue weighted by Crippen LogP contribution is 2.69. The molecule has 2 bridgehead atoms. The minimum Gasteiger partial charge on any atom is -0.506 e. The largest absolute Gasteiger partial charge is 0.506 e. The number of aromatic hydroxyl groups is 2. The molecule has 3 saturated carbocycles. The van der Waals surface area contributed by atoms with Gasteiger partial charge in [0.15, 0.2) is 17.3 Å². The van der Waals surface area contributed by atoms with Crippen molar-refractivity contribution in [2.45, 2.75) is 70.5 Å². The Hall–Kier alpha value is -2.95. The number of rotatable bonds is 10. The van der Waals surface area contributed by atoms with Crippen LogP contribution < -0.4 is 5.32 Å². The van der Waals surface area contributed by atoms with Gasteiger partial charge in [0.2, 0.25) is 5.91 Å². The molecule has 1 spiro atoms. The molecule has 0 aliphatic heterocycles. The van der Waals surface area contributed by atoms with Crippen molar-refractivity contribution in [3.8, 4) is 11.5 Å². The number of benzene rings is 1. The predicted octanol–water partition coefficient (Wildman–Crippen LogP) is 5.42. The normalized spacial score (nSPS) is 28.3. The fourth-order valence-corrected chi connectivity index (χ4v) is 7.91. The Balaban J connectivity index is 1.51. The topological polar surface area (TPSA) is 131 Å². The number of fused-ring (bicyclic) bond motifs is 2. The summed E-state index contributed by atoms with van der Waals surface area (Å²) < 4.78 is 17.3. The van der Waals surface area contributed by atoms with Crippen molar-refractivity contribution in [3.63, 3.8) is 0 Å². The van der Waals surface area contributed by atoms with Crippen LogP contribution in [0.1, 0.15) is 49.4 Å². The quantitative estimate of drug-likeness (QED) is 0.109. The van der Waals surface area contributed by atoms with Gasteiger partial charge in [-0.25, -0.2) is 4.79 Å². The molecule has 4 atom stereocenters. The first-order valence-electron chi connectivity index (χ1n) is 14.2. The Morgan fingerprint density at radius 2 is 1.85 bits per heavy atom. The zero-order valence-corrected chi connectivity index (χ0v) is 26.0.